The van der Waals surface area contributed by atoms with E-state index in [9.17, 15) is 8.42 Å². The largest absolute Gasteiger partial charge is 0.376 e. The van der Waals surface area contributed by atoms with Gasteiger partial charge in [0.1, 0.15) is 0 Å². The van der Waals surface area contributed by atoms with E-state index in [2.05, 4.69) is 31.1 Å². The molecule has 1 aromatic heterocycles. The van der Waals surface area contributed by atoms with Gasteiger partial charge in [-0.2, -0.15) is 4.31 Å². The fourth-order valence-corrected chi connectivity index (χ4v) is 4.43. The molecule has 146 valence electrons. The molecular weight excluding hydrogens is 340 g/mol. The summed E-state index contributed by atoms with van der Waals surface area (Å²) in [5.74, 6) is 0. The zero-order valence-electron chi connectivity index (χ0n) is 17.1. The maximum absolute atomic E-state index is 12.5. The Hall–Kier alpha value is -0.990. The van der Waals surface area contributed by atoms with Crippen molar-refractivity contribution >= 4 is 10.0 Å². The Kier molecular flexibility index (Phi) is 6.81. The molecule has 1 heterocycles. The highest BCUT2D eigenvalue weighted by Gasteiger charge is 2.37. The van der Waals surface area contributed by atoms with Crippen LogP contribution in [0.4, 0.5) is 0 Å². The van der Waals surface area contributed by atoms with Crippen molar-refractivity contribution in [3.8, 4) is 0 Å². The van der Waals surface area contributed by atoms with E-state index in [1.165, 1.54) is 10.6 Å². The second kappa shape index (κ2) is 7.72. The minimum Gasteiger partial charge on any atom is -0.376 e. The zero-order valence-corrected chi connectivity index (χ0v) is 17.9. The summed E-state index contributed by atoms with van der Waals surface area (Å²) in [5, 5.41) is 8.06. The van der Waals surface area contributed by atoms with Crippen LogP contribution in [-0.2, 0) is 28.2 Å². The molecule has 0 bridgehead atoms. The van der Waals surface area contributed by atoms with Crippen LogP contribution in [0.25, 0.3) is 0 Å². The number of ether oxygens (including phenoxy) is 1. The molecule has 0 spiro atoms. The van der Waals surface area contributed by atoms with Crippen molar-refractivity contribution in [2.45, 2.75) is 72.6 Å². The Bertz CT molecular complexity index is 656. The molecule has 0 aliphatic heterocycles. The molecule has 0 saturated carbocycles. The molecule has 0 radical (unpaired) electrons. The Labute approximate surface area is 152 Å². The molecule has 0 aliphatic rings. The summed E-state index contributed by atoms with van der Waals surface area (Å²) in [6.45, 7) is 14.3. The average Bonchev–Trinajstić information content (AvgIpc) is 2.76. The monoisotopic (exact) mass is 374 g/mol. The van der Waals surface area contributed by atoms with Gasteiger partial charge in [0.2, 0.25) is 10.0 Å². The van der Waals surface area contributed by atoms with E-state index in [4.69, 9.17) is 4.74 Å². The molecule has 0 N–H and O–H groups in total. The van der Waals surface area contributed by atoms with Gasteiger partial charge in [-0.05, 0) is 33.1 Å². The fourth-order valence-electron chi connectivity index (χ4n) is 2.76. The molecule has 2 atom stereocenters. The third kappa shape index (κ3) is 6.67. The fraction of sp³-hybridized carbons (Fsp3) is 0.882. The standard InChI is InChI=1S/C17H34N4O3S/c1-13(16(2,3)4)24-12-15(10-14-11-20(8)19-18-14)21(17(5,6)7)25(9,22)23/h11,13,15H,10,12H2,1-9H3. The maximum atomic E-state index is 12.5. The number of aryl methyl sites for hydroxylation is 1. The predicted octanol–water partition coefficient (Wildman–Crippen LogP) is 2.24. The van der Waals surface area contributed by atoms with Gasteiger partial charge in [0, 0.05) is 25.2 Å². The van der Waals surface area contributed by atoms with Gasteiger partial charge < -0.3 is 4.74 Å². The lowest BCUT2D eigenvalue weighted by Gasteiger charge is -2.40. The summed E-state index contributed by atoms with van der Waals surface area (Å²) in [6, 6.07) is -0.350. The molecule has 8 heteroatoms. The van der Waals surface area contributed by atoms with Gasteiger partial charge in [-0.3, -0.25) is 4.68 Å². The highest BCUT2D eigenvalue weighted by atomic mass is 32.2. The molecular formula is C17H34N4O3S. The molecule has 0 amide bonds. The minimum absolute atomic E-state index is 0.00163. The van der Waals surface area contributed by atoms with E-state index in [1.807, 2.05) is 33.9 Å². The number of hydrogen-bond acceptors (Lipinski definition) is 5. The first-order chi connectivity index (χ1) is 11.1. The number of nitrogens with zero attached hydrogens (tertiary/aromatic N) is 4. The molecule has 7 nitrogen and oxygen atoms in total. The van der Waals surface area contributed by atoms with E-state index >= 15 is 0 Å². The van der Waals surface area contributed by atoms with Crippen LogP contribution in [0.5, 0.6) is 0 Å². The van der Waals surface area contributed by atoms with Gasteiger partial charge in [-0.1, -0.05) is 26.0 Å². The molecule has 0 aliphatic carbocycles. The van der Waals surface area contributed by atoms with Crippen molar-refractivity contribution in [2.24, 2.45) is 12.5 Å². The van der Waals surface area contributed by atoms with Gasteiger partial charge in [-0.15, -0.1) is 5.10 Å². The van der Waals surface area contributed by atoms with E-state index in [0.717, 1.165) is 5.69 Å². The minimum atomic E-state index is -3.42. The van der Waals surface area contributed by atoms with Crippen LogP contribution < -0.4 is 0 Å². The highest BCUT2D eigenvalue weighted by molar-refractivity contribution is 7.88. The second-order valence-corrected chi connectivity index (χ2v) is 10.7. The number of aromatic nitrogens is 3. The van der Waals surface area contributed by atoms with E-state index in [0.29, 0.717) is 13.0 Å². The lowest BCUT2D eigenvalue weighted by Crippen LogP contribution is -2.54. The Morgan fingerprint density at radius 1 is 1.24 bits per heavy atom. The first-order valence-corrected chi connectivity index (χ1v) is 10.4. The summed E-state index contributed by atoms with van der Waals surface area (Å²) >= 11 is 0. The van der Waals surface area contributed by atoms with E-state index in [1.54, 1.807) is 11.7 Å². The number of rotatable bonds is 7. The Balaban J connectivity index is 3.12. The first-order valence-electron chi connectivity index (χ1n) is 8.58. The van der Waals surface area contributed by atoms with Crippen LogP contribution in [-0.4, -0.2) is 58.3 Å². The average molecular weight is 375 g/mol. The third-order valence-electron chi connectivity index (χ3n) is 4.20. The molecule has 0 aromatic carbocycles. The summed E-state index contributed by atoms with van der Waals surface area (Å²) < 4.78 is 34.2. The summed E-state index contributed by atoms with van der Waals surface area (Å²) in [6.07, 6.45) is 3.51. The van der Waals surface area contributed by atoms with Gasteiger partial charge in [0.15, 0.2) is 0 Å². The van der Waals surface area contributed by atoms with Crippen molar-refractivity contribution in [3.63, 3.8) is 0 Å². The molecule has 0 saturated heterocycles. The SMILES string of the molecule is CC(OCC(Cc1cn(C)nn1)N(C(C)(C)C)S(C)(=O)=O)C(C)(C)C. The number of sulfonamides is 1. The molecule has 25 heavy (non-hydrogen) atoms. The second-order valence-electron chi connectivity index (χ2n) is 8.81. The number of hydrogen-bond donors (Lipinski definition) is 0. The predicted molar refractivity (Wildman–Crippen MR) is 99.8 cm³/mol. The normalized spacial score (nSPS) is 16.2. The van der Waals surface area contributed by atoms with Crippen LogP contribution >= 0.6 is 0 Å². The van der Waals surface area contributed by atoms with Gasteiger partial charge >= 0.3 is 0 Å². The lowest BCUT2D eigenvalue weighted by atomic mass is 9.90. The van der Waals surface area contributed by atoms with E-state index < -0.39 is 15.6 Å². The third-order valence-corrected chi connectivity index (χ3v) is 5.76. The van der Waals surface area contributed by atoms with Crippen LogP contribution in [0.2, 0.25) is 0 Å². The van der Waals surface area contributed by atoms with Crippen molar-refractivity contribution in [1.29, 1.82) is 0 Å². The Morgan fingerprint density at radius 2 is 1.80 bits per heavy atom. The molecule has 1 aromatic rings. The van der Waals surface area contributed by atoms with Gasteiger partial charge in [-0.25, -0.2) is 8.42 Å². The topological polar surface area (TPSA) is 77.3 Å². The van der Waals surface area contributed by atoms with Crippen LogP contribution in [0.1, 0.15) is 54.2 Å². The lowest BCUT2D eigenvalue weighted by molar-refractivity contribution is -0.0308. The zero-order chi connectivity index (χ0) is 19.6. The van der Waals surface area contributed by atoms with Gasteiger partial charge in [0.25, 0.3) is 0 Å². The summed E-state index contributed by atoms with van der Waals surface area (Å²) in [5.41, 5.74) is 0.168. The summed E-state index contributed by atoms with van der Waals surface area (Å²) in [7, 11) is -1.63. The van der Waals surface area contributed by atoms with Crippen molar-refractivity contribution < 1.29 is 13.2 Å². The quantitative estimate of drug-likeness (QED) is 0.731. The van der Waals surface area contributed by atoms with Crippen LogP contribution in [0.3, 0.4) is 0 Å². The smallest absolute Gasteiger partial charge is 0.212 e. The molecule has 1 rings (SSSR count). The van der Waals surface area contributed by atoms with E-state index in [-0.39, 0.29) is 17.6 Å². The molecule has 0 fully saturated rings. The van der Waals surface area contributed by atoms with Crippen molar-refractivity contribution in [1.82, 2.24) is 19.3 Å². The Morgan fingerprint density at radius 3 is 2.16 bits per heavy atom. The first kappa shape index (κ1) is 22.1. The maximum Gasteiger partial charge on any atom is 0.212 e. The molecule has 2 unspecified atom stereocenters. The van der Waals surface area contributed by atoms with Crippen molar-refractivity contribution in [2.75, 3.05) is 12.9 Å². The van der Waals surface area contributed by atoms with Crippen molar-refractivity contribution in [3.05, 3.63) is 11.9 Å². The van der Waals surface area contributed by atoms with Crippen LogP contribution in [0, 0.1) is 5.41 Å². The van der Waals surface area contributed by atoms with Crippen LogP contribution in [0.15, 0.2) is 6.20 Å². The van der Waals surface area contributed by atoms with Gasteiger partial charge in [0.05, 0.1) is 30.7 Å². The summed E-state index contributed by atoms with van der Waals surface area (Å²) in [4.78, 5) is 0. The highest BCUT2D eigenvalue weighted by Crippen LogP contribution is 2.26.